The number of hydrogen-bond acceptors (Lipinski definition) is 3. The summed E-state index contributed by atoms with van der Waals surface area (Å²) in [4.78, 5) is 11.2. The molecule has 1 aromatic carbocycles. The zero-order valence-electron chi connectivity index (χ0n) is 10.9. The predicted molar refractivity (Wildman–Crippen MR) is 72.2 cm³/mol. The Balaban J connectivity index is 1.86. The lowest BCUT2D eigenvalue weighted by molar-refractivity contribution is -0.142. The summed E-state index contributed by atoms with van der Waals surface area (Å²) in [6, 6.07) is 8.19. The van der Waals surface area contributed by atoms with Gasteiger partial charge in [0.2, 0.25) is 0 Å². The number of esters is 1. The van der Waals surface area contributed by atoms with Crippen LogP contribution in [0.3, 0.4) is 0 Å². The molecule has 1 fully saturated rings. The molecule has 2 N–H and O–H groups in total. The van der Waals surface area contributed by atoms with Gasteiger partial charge < -0.3 is 10.5 Å². The van der Waals surface area contributed by atoms with Crippen LogP contribution in [0, 0.1) is 5.92 Å². The third-order valence-corrected chi connectivity index (χ3v) is 3.94. The second-order valence-corrected chi connectivity index (χ2v) is 5.16. The molecule has 0 atom stereocenters. The van der Waals surface area contributed by atoms with E-state index in [1.165, 1.54) is 12.7 Å². The van der Waals surface area contributed by atoms with E-state index in [0.717, 1.165) is 31.4 Å². The summed E-state index contributed by atoms with van der Waals surface area (Å²) in [7, 11) is 1.46. The number of benzene rings is 1. The van der Waals surface area contributed by atoms with Gasteiger partial charge in [-0.2, -0.15) is 0 Å². The van der Waals surface area contributed by atoms with Crippen LogP contribution in [-0.4, -0.2) is 13.1 Å². The Kier molecular flexibility index (Phi) is 4.24. The molecule has 1 aliphatic rings. The summed E-state index contributed by atoms with van der Waals surface area (Å²) in [5, 5.41) is 0. The highest BCUT2D eigenvalue weighted by Gasteiger charge is 2.24. The molecule has 0 radical (unpaired) electrons. The number of carbonyl (C=O) groups is 1. The Hall–Kier alpha value is -1.51. The van der Waals surface area contributed by atoms with Crippen LogP contribution >= 0.6 is 0 Å². The van der Waals surface area contributed by atoms with Gasteiger partial charge in [0.05, 0.1) is 7.11 Å². The number of ether oxygens (including phenoxy) is 1. The van der Waals surface area contributed by atoms with E-state index in [1.807, 2.05) is 12.1 Å². The summed E-state index contributed by atoms with van der Waals surface area (Å²) < 4.78 is 4.72. The SMILES string of the molecule is COC(=O)C[C@H]1CC[C@H](c2ccc(N)cc2)CC1. The molecule has 0 heterocycles. The molecule has 0 aromatic heterocycles. The summed E-state index contributed by atoms with van der Waals surface area (Å²) in [5.41, 5.74) is 7.89. The number of methoxy groups -OCH3 is 1. The first-order valence-corrected chi connectivity index (χ1v) is 6.61. The molecule has 3 nitrogen and oxygen atoms in total. The number of hydrogen-bond donors (Lipinski definition) is 1. The number of nitrogen functional groups attached to an aromatic ring is 1. The van der Waals surface area contributed by atoms with Crippen molar-refractivity contribution in [3.05, 3.63) is 29.8 Å². The van der Waals surface area contributed by atoms with E-state index in [0.29, 0.717) is 18.3 Å². The minimum Gasteiger partial charge on any atom is -0.469 e. The van der Waals surface area contributed by atoms with E-state index in [9.17, 15) is 4.79 Å². The predicted octanol–water partition coefficient (Wildman–Crippen LogP) is 3.11. The molecule has 18 heavy (non-hydrogen) atoms. The van der Waals surface area contributed by atoms with Crippen molar-refractivity contribution in [1.29, 1.82) is 0 Å². The molecule has 1 aliphatic carbocycles. The second kappa shape index (κ2) is 5.89. The van der Waals surface area contributed by atoms with Crippen LogP contribution in [0.2, 0.25) is 0 Å². The Morgan fingerprint density at radius 2 is 1.83 bits per heavy atom. The van der Waals surface area contributed by atoms with Gasteiger partial charge in [-0.3, -0.25) is 4.79 Å². The quantitative estimate of drug-likeness (QED) is 0.659. The highest BCUT2D eigenvalue weighted by Crippen LogP contribution is 2.37. The maximum Gasteiger partial charge on any atom is 0.305 e. The maximum atomic E-state index is 11.2. The molecule has 0 aliphatic heterocycles. The monoisotopic (exact) mass is 247 g/mol. The number of nitrogens with two attached hydrogens (primary N) is 1. The van der Waals surface area contributed by atoms with Crippen LogP contribution in [0.1, 0.15) is 43.6 Å². The van der Waals surface area contributed by atoms with Crippen LogP contribution in [0.4, 0.5) is 5.69 Å². The highest BCUT2D eigenvalue weighted by molar-refractivity contribution is 5.69. The highest BCUT2D eigenvalue weighted by atomic mass is 16.5. The van der Waals surface area contributed by atoms with Gasteiger partial charge in [0.25, 0.3) is 0 Å². The average molecular weight is 247 g/mol. The Morgan fingerprint density at radius 3 is 2.39 bits per heavy atom. The topological polar surface area (TPSA) is 52.3 Å². The Morgan fingerprint density at radius 1 is 1.22 bits per heavy atom. The molecule has 98 valence electrons. The number of rotatable bonds is 3. The number of carbonyl (C=O) groups excluding carboxylic acids is 1. The van der Waals surface area contributed by atoms with Gasteiger partial charge in [-0.25, -0.2) is 0 Å². The first kappa shape index (κ1) is 12.9. The van der Waals surface area contributed by atoms with Gasteiger partial charge >= 0.3 is 5.97 Å². The largest absolute Gasteiger partial charge is 0.469 e. The lowest BCUT2D eigenvalue weighted by Gasteiger charge is -2.28. The average Bonchev–Trinajstić information content (AvgIpc) is 2.40. The molecular formula is C15H21NO2. The summed E-state index contributed by atoms with van der Waals surface area (Å²) in [6.07, 6.45) is 5.12. The van der Waals surface area contributed by atoms with E-state index < -0.39 is 0 Å². The smallest absolute Gasteiger partial charge is 0.305 e. The van der Waals surface area contributed by atoms with E-state index in [1.54, 1.807) is 0 Å². The fraction of sp³-hybridized carbons (Fsp3) is 0.533. The van der Waals surface area contributed by atoms with Crippen molar-refractivity contribution in [3.8, 4) is 0 Å². The molecular weight excluding hydrogens is 226 g/mol. The molecule has 0 unspecified atom stereocenters. The van der Waals surface area contributed by atoms with Crippen LogP contribution in [0.5, 0.6) is 0 Å². The van der Waals surface area contributed by atoms with Crippen molar-refractivity contribution < 1.29 is 9.53 Å². The normalized spacial score (nSPS) is 23.6. The van der Waals surface area contributed by atoms with Gasteiger partial charge in [-0.05, 0) is 55.2 Å². The standard InChI is InChI=1S/C15H21NO2/c1-18-15(17)10-11-2-4-12(5-3-11)13-6-8-14(16)9-7-13/h6-9,11-12H,2-5,10,16H2,1H3/t11-,12-. The maximum absolute atomic E-state index is 11.2. The Bertz CT molecular complexity index is 391. The van der Waals surface area contributed by atoms with Gasteiger partial charge in [0.15, 0.2) is 0 Å². The van der Waals surface area contributed by atoms with E-state index in [2.05, 4.69) is 12.1 Å². The van der Waals surface area contributed by atoms with Gasteiger partial charge in [0.1, 0.15) is 0 Å². The van der Waals surface area contributed by atoms with Crippen LogP contribution < -0.4 is 5.73 Å². The van der Waals surface area contributed by atoms with Crippen LogP contribution in [0.15, 0.2) is 24.3 Å². The van der Waals surface area contributed by atoms with E-state index in [4.69, 9.17) is 10.5 Å². The van der Waals surface area contributed by atoms with E-state index >= 15 is 0 Å². The lowest BCUT2D eigenvalue weighted by atomic mass is 9.77. The minimum atomic E-state index is -0.0778. The first-order chi connectivity index (χ1) is 8.69. The summed E-state index contributed by atoms with van der Waals surface area (Å²) in [6.45, 7) is 0. The van der Waals surface area contributed by atoms with Crippen molar-refractivity contribution in [3.63, 3.8) is 0 Å². The van der Waals surface area contributed by atoms with Crippen molar-refractivity contribution in [2.45, 2.75) is 38.0 Å². The minimum absolute atomic E-state index is 0.0778. The van der Waals surface area contributed by atoms with Gasteiger partial charge in [-0.15, -0.1) is 0 Å². The lowest BCUT2D eigenvalue weighted by Crippen LogP contribution is -2.17. The molecule has 0 bridgehead atoms. The number of anilines is 1. The summed E-state index contributed by atoms with van der Waals surface area (Å²) >= 11 is 0. The van der Waals surface area contributed by atoms with Crippen molar-refractivity contribution in [2.24, 2.45) is 5.92 Å². The molecule has 0 amide bonds. The van der Waals surface area contributed by atoms with Gasteiger partial charge in [0, 0.05) is 12.1 Å². The molecule has 1 saturated carbocycles. The fourth-order valence-electron chi connectivity index (χ4n) is 2.79. The molecule has 1 aromatic rings. The molecule has 3 heteroatoms. The Labute approximate surface area is 108 Å². The van der Waals surface area contributed by atoms with Crippen molar-refractivity contribution in [2.75, 3.05) is 12.8 Å². The summed E-state index contributed by atoms with van der Waals surface area (Å²) in [5.74, 6) is 1.05. The molecule has 0 saturated heterocycles. The third-order valence-electron chi connectivity index (χ3n) is 3.94. The molecule has 2 rings (SSSR count). The van der Waals surface area contributed by atoms with Crippen LogP contribution in [0.25, 0.3) is 0 Å². The third kappa shape index (κ3) is 3.25. The van der Waals surface area contributed by atoms with Crippen molar-refractivity contribution >= 4 is 11.7 Å². The van der Waals surface area contributed by atoms with Crippen LogP contribution in [-0.2, 0) is 9.53 Å². The van der Waals surface area contributed by atoms with E-state index in [-0.39, 0.29) is 5.97 Å². The van der Waals surface area contributed by atoms with Crippen molar-refractivity contribution in [1.82, 2.24) is 0 Å². The fourth-order valence-corrected chi connectivity index (χ4v) is 2.79. The second-order valence-electron chi connectivity index (χ2n) is 5.16. The van der Waals surface area contributed by atoms with Gasteiger partial charge in [-0.1, -0.05) is 12.1 Å². The molecule has 0 spiro atoms. The first-order valence-electron chi connectivity index (χ1n) is 6.61. The zero-order valence-corrected chi connectivity index (χ0v) is 10.9. The zero-order chi connectivity index (χ0) is 13.0.